The van der Waals surface area contributed by atoms with E-state index in [1.165, 1.54) is 27.1 Å². The standard InChI is InChI=1S/C16H19N3O5S2/c1-11-10-25-16(22)19(11)9-15(21)17-13-8-12(4-5-14(13)20)26(23,24)18-6-2-3-7-18/h4-5,8,10,20H,2-3,6-7,9H2,1H3,(H,17,21). The number of hydrogen-bond acceptors (Lipinski definition) is 6. The maximum Gasteiger partial charge on any atom is 0.307 e. The second-order valence-corrected chi connectivity index (χ2v) is 8.83. The van der Waals surface area contributed by atoms with Crippen molar-refractivity contribution in [2.45, 2.75) is 31.2 Å². The summed E-state index contributed by atoms with van der Waals surface area (Å²) in [6, 6.07) is 3.79. The van der Waals surface area contributed by atoms with Crippen LogP contribution in [0.2, 0.25) is 0 Å². The van der Waals surface area contributed by atoms with E-state index in [1.807, 2.05) is 0 Å². The van der Waals surface area contributed by atoms with Gasteiger partial charge in [0.05, 0.1) is 10.6 Å². The van der Waals surface area contributed by atoms with Crippen LogP contribution in [-0.4, -0.2) is 41.4 Å². The van der Waals surface area contributed by atoms with Crippen molar-refractivity contribution in [1.82, 2.24) is 8.87 Å². The number of rotatable bonds is 5. The predicted molar refractivity (Wildman–Crippen MR) is 98.0 cm³/mol. The smallest absolute Gasteiger partial charge is 0.307 e. The molecule has 0 aliphatic carbocycles. The first-order chi connectivity index (χ1) is 12.3. The number of hydrogen-bond donors (Lipinski definition) is 2. The van der Waals surface area contributed by atoms with E-state index < -0.39 is 15.9 Å². The Morgan fingerprint density at radius 2 is 2.00 bits per heavy atom. The molecule has 0 spiro atoms. The van der Waals surface area contributed by atoms with Gasteiger partial charge in [0.1, 0.15) is 12.3 Å². The molecule has 2 aromatic rings. The summed E-state index contributed by atoms with van der Waals surface area (Å²) in [7, 11) is -3.66. The highest BCUT2D eigenvalue weighted by molar-refractivity contribution is 7.89. The summed E-state index contributed by atoms with van der Waals surface area (Å²) in [5.74, 6) is -0.771. The van der Waals surface area contributed by atoms with E-state index in [-0.39, 0.29) is 27.8 Å². The van der Waals surface area contributed by atoms with Gasteiger partial charge >= 0.3 is 4.87 Å². The molecule has 10 heteroatoms. The first kappa shape index (κ1) is 18.6. The number of carbonyl (C=O) groups is 1. The Morgan fingerprint density at radius 3 is 2.62 bits per heavy atom. The molecule has 0 saturated carbocycles. The molecule has 1 aliphatic rings. The normalized spacial score (nSPS) is 15.3. The zero-order valence-corrected chi connectivity index (χ0v) is 15.8. The third-order valence-corrected chi connectivity index (χ3v) is 7.00. The van der Waals surface area contributed by atoms with E-state index in [1.54, 1.807) is 12.3 Å². The van der Waals surface area contributed by atoms with Gasteiger partial charge in [-0.1, -0.05) is 11.3 Å². The lowest BCUT2D eigenvalue weighted by molar-refractivity contribution is -0.116. The van der Waals surface area contributed by atoms with Crippen LogP contribution in [0.4, 0.5) is 5.69 Å². The van der Waals surface area contributed by atoms with Crippen molar-refractivity contribution in [3.63, 3.8) is 0 Å². The SMILES string of the molecule is Cc1csc(=O)n1CC(=O)Nc1cc(S(=O)(=O)N2CCCC2)ccc1O. The maximum atomic E-state index is 12.6. The van der Waals surface area contributed by atoms with Gasteiger partial charge in [0.2, 0.25) is 15.9 Å². The molecule has 26 heavy (non-hydrogen) atoms. The number of carbonyl (C=O) groups excluding carboxylic acids is 1. The third kappa shape index (κ3) is 3.67. The number of phenols is 1. The van der Waals surface area contributed by atoms with Gasteiger partial charge in [0.15, 0.2) is 0 Å². The zero-order valence-electron chi connectivity index (χ0n) is 14.1. The second kappa shape index (κ2) is 7.22. The van der Waals surface area contributed by atoms with Gasteiger partial charge in [-0.15, -0.1) is 0 Å². The average molecular weight is 397 g/mol. The van der Waals surface area contributed by atoms with E-state index >= 15 is 0 Å². The molecule has 140 valence electrons. The summed E-state index contributed by atoms with van der Waals surface area (Å²) >= 11 is 0.996. The highest BCUT2D eigenvalue weighted by atomic mass is 32.2. The summed E-state index contributed by atoms with van der Waals surface area (Å²) in [6.07, 6.45) is 1.63. The van der Waals surface area contributed by atoms with Crippen molar-refractivity contribution in [2.24, 2.45) is 0 Å². The number of amides is 1. The van der Waals surface area contributed by atoms with Crippen molar-refractivity contribution >= 4 is 33.0 Å². The largest absolute Gasteiger partial charge is 0.506 e. The lowest BCUT2D eigenvalue weighted by Crippen LogP contribution is -2.28. The fourth-order valence-electron chi connectivity index (χ4n) is 2.78. The highest BCUT2D eigenvalue weighted by Crippen LogP contribution is 2.29. The number of sulfonamides is 1. The molecule has 0 atom stereocenters. The number of anilines is 1. The summed E-state index contributed by atoms with van der Waals surface area (Å²) < 4.78 is 27.9. The van der Waals surface area contributed by atoms with Crippen LogP contribution in [0, 0.1) is 6.92 Å². The van der Waals surface area contributed by atoms with Gasteiger partial charge in [-0.2, -0.15) is 4.31 Å². The van der Waals surface area contributed by atoms with Crippen molar-refractivity contribution in [3.05, 3.63) is 38.9 Å². The number of benzene rings is 1. The number of aryl methyl sites for hydroxylation is 1. The van der Waals surface area contributed by atoms with Crippen LogP contribution >= 0.6 is 11.3 Å². The Labute approximate surface area is 154 Å². The van der Waals surface area contributed by atoms with Gasteiger partial charge in [0, 0.05) is 24.2 Å². The molecular formula is C16H19N3O5S2. The quantitative estimate of drug-likeness (QED) is 0.740. The highest BCUT2D eigenvalue weighted by Gasteiger charge is 2.28. The van der Waals surface area contributed by atoms with Crippen LogP contribution in [0.15, 0.2) is 33.3 Å². The molecule has 1 aromatic carbocycles. The minimum Gasteiger partial charge on any atom is -0.506 e. The number of phenolic OH excluding ortho intramolecular Hbond substituents is 1. The molecule has 0 unspecified atom stereocenters. The van der Waals surface area contributed by atoms with E-state index in [9.17, 15) is 23.1 Å². The lowest BCUT2D eigenvalue weighted by atomic mass is 10.3. The van der Waals surface area contributed by atoms with Gasteiger partial charge < -0.3 is 10.4 Å². The minimum atomic E-state index is -3.66. The van der Waals surface area contributed by atoms with Crippen molar-refractivity contribution < 1.29 is 18.3 Å². The molecule has 2 heterocycles. The topological polar surface area (TPSA) is 109 Å². The average Bonchev–Trinajstić information content (AvgIpc) is 3.23. The fraction of sp³-hybridized carbons (Fsp3) is 0.375. The Balaban J connectivity index is 1.82. The third-order valence-electron chi connectivity index (χ3n) is 4.22. The molecule has 0 bridgehead atoms. The summed E-state index contributed by atoms with van der Waals surface area (Å²) in [4.78, 5) is 23.7. The number of nitrogens with zero attached hydrogens (tertiary/aromatic N) is 2. The first-order valence-electron chi connectivity index (χ1n) is 8.07. The summed E-state index contributed by atoms with van der Waals surface area (Å²) in [6.45, 7) is 2.43. The van der Waals surface area contributed by atoms with E-state index in [0.717, 1.165) is 24.2 Å². The van der Waals surface area contributed by atoms with Crippen LogP contribution in [-0.2, 0) is 21.4 Å². The molecule has 2 N–H and O–H groups in total. The Kier molecular flexibility index (Phi) is 5.17. The number of aromatic nitrogens is 1. The van der Waals surface area contributed by atoms with Crippen LogP contribution < -0.4 is 10.2 Å². The van der Waals surface area contributed by atoms with E-state index in [4.69, 9.17) is 0 Å². The Morgan fingerprint density at radius 1 is 1.31 bits per heavy atom. The van der Waals surface area contributed by atoms with Gasteiger partial charge in [-0.25, -0.2) is 8.42 Å². The van der Waals surface area contributed by atoms with Gasteiger partial charge in [0.25, 0.3) is 0 Å². The second-order valence-electron chi connectivity index (χ2n) is 6.07. The Bertz CT molecular complexity index is 988. The van der Waals surface area contributed by atoms with Crippen molar-refractivity contribution in [1.29, 1.82) is 0 Å². The van der Waals surface area contributed by atoms with Crippen molar-refractivity contribution in [2.75, 3.05) is 18.4 Å². The predicted octanol–water partition coefficient (Wildman–Crippen LogP) is 1.35. The van der Waals surface area contributed by atoms with Crippen molar-refractivity contribution in [3.8, 4) is 5.75 Å². The molecule has 1 saturated heterocycles. The molecule has 1 aromatic heterocycles. The summed E-state index contributed by atoms with van der Waals surface area (Å²) in [5.41, 5.74) is 0.654. The first-order valence-corrected chi connectivity index (χ1v) is 10.4. The fourth-order valence-corrected chi connectivity index (χ4v) is 5.06. The molecule has 8 nitrogen and oxygen atoms in total. The van der Waals surface area contributed by atoms with Crippen LogP contribution in [0.25, 0.3) is 0 Å². The number of nitrogens with one attached hydrogen (secondary N) is 1. The zero-order chi connectivity index (χ0) is 18.9. The monoisotopic (exact) mass is 397 g/mol. The summed E-state index contributed by atoms with van der Waals surface area (Å²) in [5, 5.41) is 14.1. The molecule has 1 fully saturated rings. The van der Waals surface area contributed by atoms with Gasteiger partial charge in [-0.3, -0.25) is 14.2 Å². The lowest BCUT2D eigenvalue weighted by Gasteiger charge is -2.16. The molecule has 1 aliphatic heterocycles. The van der Waals surface area contributed by atoms with Crippen LogP contribution in [0.5, 0.6) is 5.75 Å². The molecule has 0 radical (unpaired) electrons. The number of thiazole rings is 1. The maximum absolute atomic E-state index is 12.6. The van der Waals surface area contributed by atoms with E-state index in [2.05, 4.69) is 5.32 Å². The number of aromatic hydroxyl groups is 1. The van der Waals surface area contributed by atoms with Gasteiger partial charge in [-0.05, 0) is 38.0 Å². The molecule has 1 amide bonds. The van der Waals surface area contributed by atoms with E-state index in [0.29, 0.717) is 18.8 Å². The molecule has 3 rings (SSSR count). The van der Waals surface area contributed by atoms with Crippen LogP contribution in [0.1, 0.15) is 18.5 Å². The van der Waals surface area contributed by atoms with Crippen LogP contribution in [0.3, 0.4) is 0 Å². The Hall–Kier alpha value is -2.17. The minimum absolute atomic E-state index is 0.00352. The molecular weight excluding hydrogens is 378 g/mol.